The van der Waals surface area contributed by atoms with Crippen LogP contribution in [0.5, 0.6) is 0 Å². The van der Waals surface area contributed by atoms with Gasteiger partial charge >= 0.3 is 0 Å². The first-order chi connectivity index (χ1) is 15.2. The number of benzene rings is 2. The molecule has 1 amide bonds. The summed E-state index contributed by atoms with van der Waals surface area (Å²) >= 11 is 6.18. The van der Waals surface area contributed by atoms with E-state index < -0.39 is 0 Å². The zero-order chi connectivity index (χ0) is 21.5. The number of hydrogen-bond donors (Lipinski definition) is 2. The van der Waals surface area contributed by atoms with Gasteiger partial charge in [-0.3, -0.25) is 14.9 Å². The third-order valence-electron chi connectivity index (χ3n) is 4.84. The van der Waals surface area contributed by atoms with Crippen LogP contribution >= 0.6 is 11.6 Å². The fourth-order valence-electron chi connectivity index (χ4n) is 3.34. The second kappa shape index (κ2) is 9.87. The highest BCUT2D eigenvalue weighted by molar-refractivity contribution is 6.30. The SMILES string of the molecule is O=C(C=Cc1c[nH]nc1-c1ccccc1)NC(Cc1ccccn1)c1cccc(Cl)c1. The van der Waals surface area contributed by atoms with Crippen LogP contribution in [0.15, 0.2) is 91.3 Å². The molecule has 4 aromatic rings. The molecule has 154 valence electrons. The first-order valence-corrected chi connectivity index (χ1v) is 10.3. The molecular weight excluding hydrogens is 408 g/mol. The maximum atomic E-state index is 12.8. The molecule has 2 N–H and O–H groups in total. The fourth-order valence-corrected chi connectivity index (χ4v) is 3.54. The first kappa shape index (κ1) is 20.6. The van der Waals surface area contributed by atoms with Crippen molar-refractivity contribution in [3.8, 4) is 11.3 Å². The summed E-state index contributed by atoms with van der Waals surface area (Å²) in [6.45, 7) is 0. The Morgan fingerprint density at radius 2 is 1.90 bits per heavy atom. The minimum Gasteiger partial charge on any atom is -0.345 e. The van der Waals surface area contributed by atoms with Crippen LogP contribution in [-0.4, -0.2) is 21.1 Å². The number of nitrogens with zero attached hydrogens (tertiary/aromatic N) is 2. The molecule has 0 aliphatic heterocycles. The lowest BCUT2D eigenvalue weighted by atomic mass is 10.0. The molecule has 2 heterocycles. The van der Waals surface area contributed by atoms with Crippen molar-refractivity contribution in [1.29, 1.82) is 0 Å². The average molecular weight is 429 g/mol. The molecule has 0 aliphatic carbocycles. The molecule has 2 aromatic carbocycles. The lowest BCUT2D eigenvalue weighted by Gasteiger charge is -2.18. The minimum absolute atomic E-state index is 0.207. The molecule has 2 aromatic heterocycles. The maximum absolute atomic E-state index is 12.8. The Morgan fingerprint density at radius 1 is 1.06 bits per heavy atom. The second-order valence-electron chi connectivity index (χ2n) is 7.03. The molecule has 0 saturated heterocycles. The van der Waals surface area contributed by atoms with E-state index in [9.17, 15) is 4.79 Å². The summed E-state index contributed by atoms with van der Waals surface area (Å²) in [5, 5.41) is 10.9. The van der Waals surface area contributed by atoms with Gasteiger partial charge in [-0.2, -0.15) is 5.10 Å². The highest BCUT2D eigenvalue weighted by atomic mass is 35.5. The van der Waals surface area contributed by atoms with E-state index in [-0.39, 0.29) is 11.9 Å². The van der Waals surface area contributed by atoms with Crippen LogP contribution in [0.2, 0.25) is 5.02 Å². The zero-order valence-corrected chi connectivity index (χ0v) is 17.5. The van der Waals surface area contributed by atoms with Gasteiger partial charge in [-0.1, -0.05) is 60.1 Å². The summed E-state index contributed by atoms with van der Waals surface area (Å²) in [6.07, 6.45) is 7.36. The fraction of sp³-hybridized carbons (Fsp3) is 0.0800. The van der Waals surface area contributed by atoms with Gasteiger partial charge in [-0.05, 0) is 35.9 Å². The van der Waals surface area contributed by atoms with E-state index in [2.05, 4.69) is 20.5 Å². The number of carbonyl (C=O) groups is 1. The van der Waals surface area contributed by atoms with E-state index >= 15 is 0 Å². The topological polar surface area (TPSA) is 70.7 Å². The van der Waals surface area contributed by atoms with Crippen molar-refractivity contribution in [3.05, 3.63) is 113 Å². The molecule has 0 fully saturated rings. The van der Waals surface area contributed by atoms with Crippen molar-refractivity contribution in [2.75, 3.05) is 0 Å². The number of pyridine rings is 1. The van der Waals surface area contributed by atoms with Crippen molar-refractivity contribution in [1.82, 2.24) is 20.5 Å². The smallest absolute Gasteiger partial charge is 0.244 e. The lowest BCUT2D eigenvalue weighted by molar-refractivity contribution is -0.117. The monoisotopic (exact) mass is 428 g/mol. The van der Waals surface area contributed by atoms with Crippen LogP contribution in [0, 0.1) is 0 Å². The van der Waals surface area contributed by atoms with Gasteiger partial charge in [0.2, 0.25) is 5.91 Å². The molecule has 0 spiro atoms. The molecule has 6 heteroatoms. The van der Waals surface area contributed by atoms with Crippen LogP contribution in [0.25, 0.3) is 17.3 Å². The molecule has 4 rings (SSSR count). The number of aromatic amines is 1. The van der Waals surface area contributed by atoms with Crippen molar-refractivity contribution in [2.45, 2.75) is 12.5 Å². The Labute approximate surface area is 185 Å². The van der Waals surface area contributed by atoms with E-state index in [0.717, 1.165) is 28.1 Å². The van der Waals surface area contributed by atoms with Gasteiger partial charge in [0.15, 0.2) is 0 Å². The highest BCUT2D eigenvalue weighted by Gasteiger charge is 2.16. The lowest BCUT2D eigenvalue weighted by Crippen LogP contribution is -2.28. The standard InChI is InChI=1S/C25H21ClN4O/c26-21-10-6-9-19(15-21)23(16-22-11-4-5-14-27-22)29-24(31)13-12-20-17-28-30-25(20)18-7-2-1-3-8-18/h1-15,17,23H,16H2,(H,28,30)(H,29,31). The van der Waals surface area contributed by atoms with Crippen molar-refractivity contribution < 1.29 is 4.79 Å². The third kappa shape index (κ3) is 5.47. The second-order valence-corrected chi connectivity index (χ2v) is 7.47. The van der Waals surface area contributed by atoms with Gasteiger partial charge in [-0.25, -0.2) is 0 Å². The Morgan fingerprint density at radius 3 is 2.68 bits per heavy atom. The minimum atomic E-state index is -0.260. The molecule has 0 saturated carbocycles. The molecule has 0 radical (unpaired) electrons. The summed E-state index contributed by atoms with van der Waals surface area (Å²) in [7, 11) is 0. The van der Waals surface area contributed by atoms with Crippen LogP contribution in [0.1, 0.15) is 22.9 Å². The predicted molar refractivity (Wildman–Crippen MR) is 123 cm³/mol. The number of carbonyl (C=O) groups excluding carboxylic acids is 1. The first-order valence-electron chi connectivity index (χ1n) is 9.92. The van der Waals surface area contributed by atoms with Crippen LogP contribution in [-0.2, 0) is 11.2 Å². The molecule has 0 bridgehead atoms. The quantitative estimate of drug-likeness (QED) is 0.395. The molecule has 5 nitrogen and oxygen atoms in total. The number of rotatable bonds is 7. The summed E-state index contributed by atoms with van der Waals surface area (Å²) in [6, 6.07) is 22.8. The Balaban J connectivity index is 1.52. The maximum Gasteiger partial charge on any atom is 0.244 e. The van der Waals surface area contributed by atoms with Crippen molar-refractivity contribution in [2.24, 2.45) is 0 Å². The van der Waals surface area contributed by atoms with Crippen LogP contribution < -0.4 is 5.32 Å². The summed E-state index contributed by atoms with van der Waals surface area (Å²) in [5.74, 6) is -0.207. The molecular formula is C25H21ClN4O. The third-order valence-corrected chi connectivity index (χ3v) is 5.07. The average Bonchev–Trinajstić information content (AvgIpc) is 3.27. The van der Waals surface area contributed by atoms with Crippen LogP contribution in [0.4, 0.5) is 0 Å². The van der Waals surface area contributed by atoms with Crippen molar-refractivity contribution >= 4 is 23.6 Å². The largest absolute Gasteiger partial charge is 0.345 e. The number of amides is 1. The van der Waals surface area contributed by atoms with E-state index in [4.69, 9.17) is 11.6 Å². The summed E-state index contributed by atoms with van der Waals surface area (Å²) in [5.41, 5.74) is 4.43. The molecule has 1 unspecified atom stereocenters. The van der Waals surface area contributed by atoms with E-state index in [1.165, 1.54) is 6.08 Å². The van der Waals surface area contributed by atoms with Gasteiger partial charge in [0.05, 0.1) is 11.7 Å². The van der Waals surface area contributed by atoms with Gasteiger partial charge in [0.1, 0.15) is 0 Å². The van der Waals surface area contributed by atoms with E-state index in [1.807, 2.05) is 72.8 Å². The van der Waals surface area contributed by atoms with Gasteiger partial charge in [0.25, 0.3) is 0 Å². The van der Waals surface area contributed by atoms with Gasteiger partial charge in [-0.15, -0.1) is 0 Å². The number of aromatic nitrogens is 3. The molecule has 1 atom stereocenters. The Bertz CT molecular complexity index is 1170. The van der Waals surface area contributed by atoms with Gasteiger partial charge < -0.3 is 5.32 Å². The number of halogens is 1. The Hall–Kier alpha value is -3.70. The summed E-state index contributed by atoms with van der Waals surface area (Å²) in [4.78, 5) is 17.2. The molecule has 31 heavy (non-hydrogen) atoms. The van der Waals surface area contributed by atoms with E-state index in [0.29, 0.717) is 11.4 Å². The zero-order valence-electron chi connectivity index (χ0n) is 16.7. The normalized spacial score (nSPS) is 12.0. The summed E-state index contributed by atoms with van der Waals surface area (Å²) < 4.78 is 0. The van der Waals surface area contributed by atoms with Gasteiger partial charge in [0, 0.05) is 46.7 Å². The number of H-pyrrole nitrogens is 1. The predicted octanol–water partition coefficient (Wildman–Crippen LogP) is 5.24. The van der Waals surface area contributed by atoms with Crippen LogP contribution in [0.3, 0.4) is 0 Å². The molecule has 0 aliphatic rings. The Kier molecular flexibility index (Phi) is 6.55. The van der Waals surface area contributed by atoms with E-state index in [1.54, 1.807) is 18.5 Å². The number of nitrogens with one attached hydrogen (secondary N) is 2. The highest BCUT2D eigenvalue weighted by Crippen LogP contribution is 2.23. The number of hydrogen-bond acceptors (Lipinski definition) is 3. The van der Waals surface area contributed by atoms with Crippen molar-refractivity contribution in [3.63, 3.8) is 0 Å².